The summed E-state index contributed by atoms with van der Waals surface area (Å²) >= 11 is 0. The van der Waals surface area contributed by atoms with E-state index in [2.05, 4.69) is 15.1 Å². The minimum Gasteiger partial charge on any atom is -0.225 e. The molecule has 0 amide bonds. The Morgan fingerprint density at radius 2 is 1.82 bits per heavy atom. The first-order valence-corrected chi connectivity index (χ1v) is 6.31. The van der Waals surface area contributed by atoms with E-state index in [4.69, 9.17) is 5.14 Å². The van der Waals surface area contributed by atoms with Crippen LogP contribution in [0.4, 0.5) is 0 Å². The zero-order chi connectivity index (χ0) is 12.6. The van der Waals surface area contributed by atoms with E-state index in [1.54, 1.807) is 0 Å². The minimum atomic E-state index is -3.75. The second-order valence-electron chi connectivity index (χ2n) is 3.62. The summed E-state index contributed by atoms with van der Waals surface area (Å²) in [6.45, 7) is 3.64. The fourth-order valence-corrected chi connectivity index (χ4v) is 1.81. The zero-order valence-electron chi connectivity index (χ0n) is 9.32. The molecule has 2 aromatic heterocycles. The van der Waals surface area contributed by atoms with Crippen molar-refractivity contribution in [3.63, 3.8) is 0 Å². The lowest BCUT2D eigenvalue weighted by Crippen LogP contribution is -2.11. The van der Waals surface area contributed by atoms with Crippen LogP contribution < -0.4 is 5.14 Å². The van der Waals surface area contributed by atoms with Crippen molar-refractivity contribution in [1.82, 2.24) is 19.7 Å². The number of sulfonamides is 1. The molecule has 0 saturated carbocycles. The van der Waals surface area contributed by atoms with Crippen molar-refractivity contribution in [3.05, 3.63) is 29.8 Å². The minimum absolute atomic E-state index is 0.0692. The second kappa shape index (κ2) is 3.90. The molecule has 0 saturated heterocycles. The third-order valence-corrected chi connectivity index (χ3v) is 2.93. The largest absolute Gasteiger partial charge is 0.250 e. The molecule has 0 aliphatic heterocycles. The van der Waals surface area contributed by atoms with E-state index in [0.29, 0.717) is 5.95 Å². The highest BCUT2D eigenvalue weighted by atomic mass is 32.2. The first-order valence-electron chi connectivity index (χ1n) is 4.76. The lowest BCUT2D eigenvalue weighted by molar-refractivity contribution is 0.598. The van der Waals surface area contributed by atoms with Gasteiger partial charge < -0.3 is 0 Å². The van der Waals surface area contributed by atoms with Crippen LogP contribution >= 0.6 is 0 Å². The number of hydrogen-bond donors (Lipinski definition) is 1. The van der Waals surface area contributed by atoms with E-state index in [9.17, 15) is 8.42 Å². The lowest BCUT2D eigenvalue weighted by atomic mass is 10.4. The van der Waals surface area contributed by atoms with Gasteiger partial charge in [0.05, 0.1) is 12.4 Å². The van der Waals surface area contributed by atoms with Crippen LogP contribution in [0.25, 0.3) is 5.95 Å². The Hall–Kier alpha value is -1.80. The molecule has 0 aliphatic carbocycles. The molecule has 2 rings (SSSR count). The van der Waals surface area contributed by atoms with Gasteiger partial charge in [0.2, 0.25) is 10.0 Å². The van der Waals surface area contributed by atoms with Crippen molar-refractivity contribution >= 4 is 10.0 Å². The highest BCUT2D eigenvalue weighted by molar-refractivity contribution is 7.89. The monoisotopic (exact) mass is 253 g/mol. The molecule has 0 fully saturated rings. The van der Waals surface area contributed by atoms with Gasteiger partial charge in [-0.25, -0.2) is 28.2 Å². The molecule has 7 nitrogen and oxygen atoms in total. The van der Waals surface area contributed by atoms with Crippen molar-refractivity contribution in [2.45, 2.75) is 18.7 Å². The number of rotatable bonds is 2. The molecule has 0 aliphatic rings. The second-order valence-corrected chi connectivity index (χ2v) is 5.18. The van der Waals surface area contributed by atoms with E-state index in [-0.39, 0.29) is 4.90 Å². The smallest absolute Gasteiger partial charge is 0.225 e. The van der Waals surface area contributed by atoms with Crippen molar-refractivity contribution in [2.24, 2.45) is 5.14 Å². The Morgan fingerprint density at radius 1 is 1.24 bits per heavy atom. The Morgan fingerprint density at radius 3 is 2.29 bits per heavy atom. The van der Waals surface area contributed by atoms with E-state index < -0.39 is 10.0 Å². The van der Waals surface area contributed by atoms with Gasteiger partial charge >= 0.3 is 0 Å². The summed E-state index contributed by atoms with van der Waals surface area (Å²) in [6, 6.07) is 1.81. The van der Waals surface area contributed by atoms with Crippen LogP contribution in [-0.4, -0.2) is 28.2 Å². The van der Waals surface area contributed by atoms with Gasteiger partial charge in [0.25, 0.3) is 5.95 Å². The lowest BCUT2D eigenvalue weighted by Gasteiger charge is -2.01. The van der Waals surface area contributed by atoms with Gasteiger partial charge in [0.1, 0.15) is 4.90 Å². The van der Waals surface area contributed by atoms with Crippen LogP contribution in [0.15, 0.2) is 23.4 Å². The predicted octanol–water partition coefficient (Wildman–Crippen LogP) is -0.0735. The molecule has 0 atom stereocenters. The van der Waals surface area contributed by atoms with Crippen LogP contribution in [-0.2, 0) is 10.0 Å². The van der Waals surface area contributed by atoms with Crippen LogP contribution in [0.3, 0.4) is 0 Å². The zero-order valence-corrected chi connectivity index (χ0v) is 10.1. The first kappa shape index (κ1) is 11.7. The Bertz CT molecular complexity index is 642. The Kier molecular flexibility index (Phi) is 2.68. The normalized spacial score (nSPS) is 11.7. The van der Waals surface area contributed by atoms with Crippen LogP contribution in [0.1, 0.15) is 11.4 Å². The number of hydrogen-bond acceptors (Lipinski definition) is 5. The maximum absolute atomic E-state index is 11.1. The Balaban J connectivity index is 2.51. The maximum Gasteiger partial charge on any atom is 0.250 e. The SMILES string of the molecule is Cc1cc(C)nc(-n2cc(S(N)(=O)=O)cn2)n1. The number of primary sulfonamides is 1. The standard InChI is InChI=1S/C9H11N5O2S/c1-6-3-7(2)13-9(12-6)14-5-8(4-11-14)17(10,15)16/h3-5H,1-2H3,(H2,10,15,16). The number of nitrogens with two attached hydrogens (primary N) is 1. The third kappa shape index (κ3) is 2.48. The van der Waals surface area contributed by atoms with Gasteiger partial charge in [-0.05, 0) is 19.9 Å². The van der Waals surface area contributed by atoms with Crippen LogP contribution in [0.2, 0.25) is 0 Å². The number of aryl methyl sites for hydroxylation is 2. The third-order valence-electron chi connectivity index (χ3n) is 2.06. The summed E-state index contributed by atoms with van der Waals surface area (Å²) in [6.07, 6.45) is 2.44. The average Bonchev–Trinajstić information content (AvgIpc) is 2.63. The van der Waals surface area contributed by atoms with Crippen molar-refractivity contribution in [3.8, 4) is 5.95 Å². The highest BCUT2D eigenvalue weighted by Crippen LogP contribution is 2.08. The topological polar surface area (TPSA) is 104 Å². The molecule has 90 valence electrons. The summed E-state index contributed by atoms with van der Waals surface area (Å²) in [5.41, 5.74) is 1.56. The summed E-state index contributed by atoms with van der Waals surface area (Å²) in [4.78, 5) is 8.24. The molecule has 0 spiro atoms. The van der Waals surface area contributed by atoms with Crippen LogP contribution in [0.5, 0.6) is 0 Å². The Labute approximate surface area is 98.4 Å². The number of nitrogens with zero attached hydrogens (tertiary/aromatic N) is 4. The summed E-state index contributed by atoms with van der Waals surface area (Å²) in [5, 5.41) is 8.85. The van der Waals surface area contributed by atoms with Gasteiger partial charge in [-0.2, -0.15) is 5.10 Å². The molecule has 2 heterocycles. The molecule has 0 bridgehead atoms. The van der Waals surface area contributed by atoms with Crippen LogP contribution in [0, 0.1) is 13.8 Å². The van der Waals surface area contributed by atoms with Gasteiger partial charge in [-0.1, -0.05) is 0 Å². The molecule has 0 radical (unpaired) electrons. The predicted molar refractivity (Wildman–Crippen MR) is 60.0 cm³/mol. The average molecular weight is 253 g/mol. The number of aromatic nitrogens is 4. The van der Waals surface area contributed by atoms with Gasteiger partial charge in [-0.15, -0.1) is 0 Å². The van der Waals surface area contributed by atoms with Gasteiger partial charge in [0.15, 0.2) is 0 Å². The summed E-state index contributed by atoms with van der Waals surface area (Å²) in [5.74, 6) is 0.317. The van der Waals surface area contributed by atoms with E-state index in [0.717, 1.165) is 17.6 Å². The van der Waals surface area contributed by atoms with Crippen molar-refractivity contribution in [2.75, 3.05) is 0 Å². The maximum atomic E-state index is 11.1. The highest BCUT2D eigenvalue weighted by Gasteiger charge is 2.12. The molecule has 0 aromatic carbocycles. The molecule has 8 heteroatoms. The van der Waals surface area contributed by atoms with Gasteiger partial charge in [0, 0.05) is 11.4 Å². The molecule has 2 N–H and O–H groups in total. The summed E-state index contributed by atoms with van der Waals surface area (Å²) in [7, 11) is -3.75. The van der Waals surface area contributed by atoms with E-state index in [1.807, 2.05) is 19.9 Å². The molecule has 2 aromatic rings. The molecular formula is C9H11N5O2S. The fourth-order valence-electron chi connectivity index (χ4n) is 1.37. The fraction of sp³-hybridized carbons (Fsp3) is 0.222. The van der Waals surface area contributed by atoms with Gasteiger partial charge in [-0.3, -0.25) is 0 Å². The van der Waals surface area contributed by atoms with Crippen molar-refractivity contribution in [1.29, 1.82) is 0 Å². The van der Waals surface area contributed by atoms with Crippen molar-refractivity contribution < 1.29 is 8.42 Å². The molecule has 0 unspecified atom stereocenters. The van der Waals surface area contributed by atoms with E-state index in [1.165, 1.54) is 10.9 Å². The first-order chi connectivity index (χ1) is 7.86. The molecular weight excluding hydrogens is 242 g/mol. The van der Waals surface area contributed by atoms with E-state index >= 15 is 0 Å². The molecule has 17 heavy (non-hydrogen) atoms. The summed E-state index contributed by atoms with van der Waals surface area (Å²) < 4.78 is 23.5. The quantitative estimate of drug-likeness (QED) is 0.806.